The summed E-state index contributed by atoms with van der Waals surface area (Å²) in [7, 11) is -1.94. The zero-order chi connectivity index (χ0) is 85.3. The summed E-state index contributed by atoms with van der Waals surface area (Å²) in [6.07, 6.45) is 22.0. The molecule has 1 aromatic carbocycles. The molecule has 0 radical (unpaired) electrons. The van der Waals surface area contributed by atoms with Crippen molar-refractivity contribution in [3.63, 3.8) is 0 Å². The number of ketones is 2. The van der Waals surface area contributed by atoms with Gasteiger partial charge in [0.2, 0.25) is 0 Å². The summed E-state index contributed by atoms with van der Waals surface area (Å²) < 4.78 is 87.9. The summed E-state index contributed by atoms with van der Waals surface area (Å²) in [5.74, 6) is -2.62. The number of carbonyl (C=O) groups excluding carboxylic acids is 8. The molecule has 630 valence electrons. The Morgan fingerprint density at radius 1 is 0.451 bits per heavy atom. The molecule has 0 saturated heterocycles. The second kappa shape index (κ2) is 40.9. The minimum Gasteiger partial charge on any atom is -0.481 e. The monoisotopic (exact) mass is 1870 g/mol. The number of aromatic amines is 1. The quantitative estimate of drug-likeness (QED) is 0.0305. The minimum absolute atomic E-state index is 0.00796. The molecular weight excluding hydrogens is 1750 g/mol. The highest BCUT2D eigenvalue weighted by Crippen LogP contribution is 2.42. The van der Waals surface area contributed by atoms with Crippen molar-refractivity contribution >= 4 is 128 Å². The molecule has 30 nitrogen and oxygen atoms in total. The van der Waals surface area contributed by atoms with Crippen molar-refractivity contribution in [1.29, 1.82) is 0 Å². The maximum atomic E-state index is 12.0. The predicted octanol–water partition coefficient (Wildman–Crippen LogP) is 13.3. The van der Waals surface area contributed by atoms with Crippen LogP contribution in [0.4, 0.5) is 0 Å². The molecule has 0 spiro atoms. The first-order chi connectivity index (χ1) is 51.8. The van der Waals surface area contributed by atoms with Gasteiger partial charge >= 0.3 is 41.8 Å². The van der Waals surface area contributed by atoms with E-state index in [1.165, 1.54) is 17.1 Å². The van der Waals surface area contributed by atoms with Crippen LogP contribution in [0, 0.1) is 48.6 Å². The summed E-state index contributed by atoms with van der Waals surface area (Å²) in [6.45, 7) is 33.3. The third kappa shape index (κ3) is 36.1. The lowest BCUT2D eigenvalue weighted by Crippen LogP contribution is -2.40. The number of nitrogens with zero attached hydrogens (tertiary/aromatic N) is 7. The molecule has 7 saturated carbocycles. The second-order valence-corrected chi connectivity index (χ2v) is 41.6. The molecule has 113 heavy (non-hydrogen) atoms. The van der Waals surface area contributed by atoms with Gasteiger partial charge in [0, 0.05) is 66.7 Å². The highest BCUT2D eigenvalue weighted by atomic mass is 127. The summed E-state index contributed by atoms with van der Waals surface area (Å²) in [4.78, 5) is 100. The molecule has 0 unspecified atom stereocenters. The number of aliphatic hydroxyl groups excluding tert-OH is 1. The minimum atomic E-state index is -3.76. The number of aliphatic carboxylic acids is 1. The number of rotatable bonds is 14. The lowest BCUT2D eigenvalue weighted by Gasteiger charge is -2.35. The number of carboxylic acids is 1. The fourth-order valence-electron chi connectivity index (χ4n) is 11.2. The maximum Gasteiger partial charge on any atom is 0.310 e. The Hall–Kier alpha value is -6.74. The molecule has 0 aliphatic heterocycles. The molecule has 5 aromatic rings. The van der Waals surface area contributed by atoms with Crippen LogP contribution >= 0.6 is 55.9 Å². The lowest BCUT2D eigenvalue weighted by atomic mass is 9.80. The Balaban J connectivity index is 0.000000236. The van der Waals surface area contributed by atoms with E-state index in [1.54, 1.807) is 27.0 Å². The molecule has 0 atom stereocenters. The molecule has 35 heteroatoms. The van der Waals surface area contributed by atoms with Crippen molar-refractivity contribution in [2.45, 2.75) is 283 Å². The highest BCUT2D eigenvalue weighted by molar-refractivity contribution is 14.1. The number of aromatic nitrogens is 8. The number of nitrogens with one attached hydrogen (secondary N) is 1. The van der Waals surface area contributed by atoms with Gasteiger partial charge in [-0.3, -0.25) is 66.5 Å². The van der Waals surface area contributed by atoms with E-state index in [-0.39, 0.29) is 130 Å². The van der Waals surface area contributed by atoms with Gasteiger partial charge in [-0.25, -0.2) is 8.42 Å². The Labute approximate surface area is 694 Å². The number of Topliss-reactive ketones (excluding diaryl/α,β-unsaturated/α-hetero) is 2. The third-order valence-corrected chi connectivity index (χ3v) is 20.3. The van der Waals surface area contributed by atoms with Crippen molar-refractivity contribution < 1.29 is 103 Å². The fraction of sp³-hybridized carbons (Fsp3) is 0.654. The smallest absolute Gasteiger partial charge is 0.310 e. The number of halogens is 3. The van der Waals surface area contributed by atoms with Gasteiger partial charge in [-0.05, 0) is 240 Å². The largest absolute Gasteiger partial charge is 0.481 e. The number of carboxylic acid groups (broad SMARTS) is 1. The van der Waals surface area contributed by atoms with Gasteiger partial charge in [0.25, 0.3) is 19.2 Å². The maximum absolute atomic E-state index is 12.0. The number of aliphatic hydroxyl groups is 1. The van der Waals surface area contributed by atoms with Gasteiger partial charge in [-0.2, -0.15) is 28.8 Å². The van der Waals surface area contributed by atoms with Crippen LogP contribution < -0.4 is 0 Å². The number of ether oxygens (including phenoxy) is 6. The number of hydrogen-bond acceptors (Lipinski definition) is 25. The lowest BCUT2D eigenvalue weighted by molar-refractivity contribution is -0.167. The zero-order valence-corrected chi connectivity index (χ0v) is 74.7. The van der Waals surface area contributed by atoms with E-state index in [2.05, 4.69) is 89.0 Å². The Kier molecular flexibility index (Phi) is 35.1. The second-order valence-electron chi connectivity index (χ2n) is 34.9. The first-order valence-electron chi connectivity index (χ1n) is 37.4. The molecule has 4 aromatic heterocycles. The summed E-state index contributed by atoms with van der Waals surface area (Å²) in [5.41, 5.74) is -0.350. The van der Waals surface area contributed by atoms with Crippen LogP contribution in [0.3, 0.4) is 0 Å². The molecule has 7 aliphatic rings. The van der Waals surface area contributed by atoms with Gasteiger partial charge in [0.15, 0.2) is 0 Å². The summed E-state index contributed by atoms with van der Waals surface area (Å²) in [6, 6.07) is 10.9. The normalized spacial score (nSPS) is 22.6. The van der Waals surface area contributed by atoms with E-state index in [0.717, 1.165) is 50.2 Å². The molecule has 7 aliphatic carbocycles. The SMILES string of the molecule is CC(C)(C)OC(=O)C1CC(=O)C1.CC(C)(C)OC(=O)C1CC(O)C1.CC(C)(C)OC(=O)C1CC(OS(C)(=O)=O)C1.CC(C)(C)OC(=O)C1CC(n2cc(-c3ccccc3)cn2)C1.CC(C)(C)OC(=O)C1CC(n2cc(I)cn2)C1.CC(C)(C)OC(=O)C1CC(n2cc(S(=O)(=O)Cl)cn2)C1.Ic1cn[nH]c1.O=C1CC(C(=O)O)C1. The Morgan fingerprint density at radius 2 is 0.788 bits per heavy atom. The van der Waals surface area contributed by atoms with Gasteiger partial charge in [0.05, 0.1) is 110 Å². The standard InChI is InChI=1S/C18H22N2O2.C12H17ClN2O4S.C12H17IN2O2.C10H18O5S.C9H16O3.C9H14O3.C5H6O3.C3H3IN2/c1-18(2,3)22-17(21)14-9-16(10-14)20-12-15(11-19-20)13-7-5-4-6-8-13;1-12(2,3)19-11(16)8-4-9(5-8)15-7-10(6-14-15)20(13,17)18;1-12(2,3)17-11(16)8-4-10(5-8)15-7-9(13)6-14-15;1-10(2,3)14-9(11)7-5-8(6-7)15-16(4,12)13;2*1-9(2,3)12-8(11)6-4-7(10)5-6;6-4-1-3(2-4)5(7)8;4-3-1-5-6-2-3/h4-8,11-12,14,16H,9-10H2,1-3H3;6-9H,4-5H2,1-3H3;6-8,10H,4-5H2,1-3H3;7-8H,5-6H2,1-4H3;6-7,10H,4-5H2,1-3H3;6H,4-5H2,1-3H3;3H,1-2H2,(H,7,8);1-2H,(H,5,6). The van der Waals surface area contributed by atoms with E-state index in [0.29, 0.717) is 63.5 Å². The Morgan fingerprint density at radius 3 is 1.07 bits per heavy atom. The fourth-order valence-corrected chi connectivity index (χ4v) is 13.2. The zero-order valence-electron chi connectivity index (χ0n) is 68.0. The molecule has 12 rings (SSSR count). The topological polar surface area (TPSA) is 409 Å². The molecule has 3 N–H and O–H groups in total. The number of H-pyrrole nitrogens is 1. The van der Waals surface area contributed by atoms with Gasteiger partial charge in [-0.1, -0.05) is 30.3 Å². The summed E-state index contributed by atoms with van der Waals surface area (Å²) in [5, 5.41) is 36.2. The summed E-state index contributed by atoms with van der Waals surface area (Å²) >= 11 is 4.42. The molecule has 0 bridgehead atoms. The van der Waals surface area contributed by atoms with Crippen LogP contribution in [0.1, 0.15) is 233 Å². The Bertz CT molecular complexity index is 4210. The molecular formula is C78H113ClI2N8O22S2. The van der Waals surface area contributed by atoms with Crippen LogP contribution in [0.25, 0.3) is 11.1 Å². The van der Waals surface area contributed by atoms with E-state index in [9.17, 15) is 60.0 Å². The van der Waals surface area contributed by atoms with Crippen molar-refractivity contribution in [2.24, 2.45) is 41.4 Å². The first kappa shape index (κ1) is 96.8. The number of benzene rings is 1. The number of carbonyl (C=O) groups is 9. The van der Waals surface area contributed by atoms with E-state index < -0.39 is 53.1 Å². The van der Waals surface area contributed by atoms with Crippen LogP contribution in [0.2, 0.25) is 0 Å². The highest BCUT2D eigenvalue weighted by Gasteiger charge is 2.44. The molecule has 7 fully saturated rings. The third-order valence-electron chi connectivity index (χ3n) is 17.3. The number of esters is 6. The predicted molar refractivity (Wildman–Crippen MR) is 434 cm³/mol. The average Bonchev–Trinajstić information content (AvgIpc) is 1.73. The average molecular weight is 1870 g/mol. The van der Waals surface area contributed by atoms with Crippen LogP contribution in [-0.4, -0.2) is 172 Å². The van der Waals surface area contributed by atoms with E-state index >= 15 is 0 Å². The van der Waals surface area contributed by atoms with Crippen LogP contribution in [-0.2, 0) is 94.9 Å². The van der Waals surface area contributed by atoms with E-state index in [4.69, 9.17) is 53.5 Å². The van der Waals surface area contributed by atoms with Gasteiger partial charge < -0.3 is 38.6 Å². The first-order valence-corrected chi connectivity index (χ1v) is 43.7. The van der Waals surface area contributed by atoms with E-state index in [1.807, 2.05) is 156 Å². The van der Waals surface area contributed by atoms with Crippen LogP contribution in [0.5, 0.6) is 0 Å². The number of hydrogen-bond donors (Lipinski definition) is 3. The van der Waals surface area contributed by atoms with Crippen molar-refractivity contribution in [1.82, 2.24) is 39.5 Å². The van der Waals surface area contributed by atoms with Crippen molar-refractivity contribution in [3.8, 4) is 11.1 Å². The molecule has 4 heterocycles. The van der Waals surface area contributed by atoms with Crippen molar-refractivity contribution in [2.75, 3.05) is 6.26 Å². The van der Waals surface area contributed by atoms with Gasteiger partial charge in [-0.15, -0.1) is 0 Å². The van der Waals surface area contributed by atoms with Crippen LogP contribution in [0.15, 0.2) is 84.8 Å². The van der Waals surface area contributed by atoms with Gasteiger partial charge in [0.1, 0.15) is 50.1 Å². The van der Waals surface area contributed by atoms with Crippen molar-refractivity contribution in [3.05, 3.63) is 87.0 Å². The molecule has 0 amide bonds.